The molecule has 0 saturated heterocycles. The van der Waals surface area contributed by atoms with E-state index in [0.717, 1.165) is 11.1 Å². The standard InChI is InChI=1S/C21H24F2N4O3/c1-12-8-15(4-5-18(12)30-11-19(22)23)14(3)27-10-16-17(26-27)6-7-24-20(16)21(29)25-9-13(2)28/h4-8,10,13-14,19,28H,9,11H2,1-3H3,(H,25,29). The molecule has 0 bridgehead atoms. The minimum Gasteiger partial charge on any atom is -0.487 e. The zero-order valence-electron chi connectivity index (χ0n) is 17.0. The zero-order chi connectivity index (χ0) is 21.8. The summed E-state index contributed by atoms with van der Waals surface area (Å²) in [7, 11) is 0. The number of aliphatic hydroxyl groups excluding tert-OH is 1. The van der Waals surface area contributed by atoms with Crippen LogP contribution in [-0.4, -0.2) is 51.5 Å². The minimum absolute atomic E-state index is 0.126. The maximum absolute atomic E-state index is 12.4. The van der Waals surface area contributed by atoms with Crippen molar-refractivity contribution < 1.29 is 23.4 Å². The molecule has 2 heterocycles. The molecule has 3 rings (SSSR count). The van der Waals surface area contributed by atoms with Crippen molar-refractivity contribution in [3.05, 3.63) is 53.5 Å². The summed E-state index contributed by atoms with van der Waals surface area (Å²) in [6.07, 6.45) is 0.0776. The van der Waals surface area contributed by atoms with Gasteiger partial charge in [-0.1, -0.05) is 12.1 Å². The maximum atomic E-state index is 12.4. The Morgan fingerprint density at radius 2 is 2.07 bits per heavy atom. The number of nitrogens with one attached hydrogen (secondary N) is 1. The number of aromatic nitrogens is 3. The van der Waals surface area contributed by atoms with Crippen LogP contribution in [0.3, 0.4) is 0 Å². The number of benzene rings is 1. The Balaban J connectivity index is 1.85. The SMILES string of the molecule is Cc1cc(C(C)n2cc3c(C(=O)NCC(C)O)nccc3n2)ccc1OCC(F)F. The number of hydrogen-bond acceptors (Lipinski definition) is 5. The van der Waals surface area contributed by atoms with E-state index in [9.17, 15) is 18.7 Å². The molecule has 3 aromatic rings. The molecule has 0 radical (unpaired) electrons. The monoisotopic (exact) mass is 418 g/mol. The second-order valence-electron chi connectivity index (χ2n) is 7.16. The number of aliphatic hydroxyl groups is 1. The highest BCUT2D eigenvalue weighted by Crippen LogP contribution is 2.26. The number of aryl methyl sites for hydroxylation is 1. The summed E-state index contributed by atoms with van der Waals surface area (Å²) in [5.74, 6) is 0.0308. The summed E-state index contributed by atoms with van der Waals surface area (Å²) >= 11 is 0. The highest BCUT2D eigenvalue weighted by atomic mass is 19.3. The Bertz CT molecular complexity index is 1040. The van der Waals surface area contributed by atoms with Crippen LogP contribution in [0.5, 0.6) is 5.75 Å². The molecular weight excluding hydrogens is 394 g/mol. The number of carbonyl (C=O) groups is 1. The summed E-state index contributed by atoms with van der Waals surface area (Å²) in [6, 6.07) is 6.89. The van der Waals surface area contributed by atoms with Gasteiger partial charge in [-0.05, 0) is 44.0 Å². The van der Waals surface area contributed by atoms with Gasteiger partial charge in [0.2, 0.25) is 0 Å². The van der Waals surface area contributed by atoms with E-state index in [2.05, 4.69) is 15.4 Å². The van der Waals surface area contributed by atoms with Crippen molar-refractivity contribution in [3.63, 3.8) is 0 Å². The average Bonchev–Trinajstić information content (AvgIpc) is 3.14. The number of pyridine rings is 1. The predicted molar refractivity (Wildman–Crippen MR) is 108 cm³/mol. The van der Waals surface area contributed by atoms with Crippen molar-refractivity contribution in [2.75, 3.05) is 13.2 Å². The maximum Gasteiger partial charge on any atom is 0.272 e. The van der Waals surface area contributed by atoms with Gasteiger partial charge in [0, 0.05) is 18.9 Å². The van der Waals surface area contributed by atoms with Gasteiger partial charge in [0.25, 0.3) is 12.3 Å². The Hall–Kier alpha value is -3.07. The summed E-state index contributed by atoms with van der Waals surface area (Å²) in [5, 5.41) is 17.2. The lowest BCUT2D eigenvalue weighted by molar-refractivity contribution is 0.0815. The van der Waals surface area contributed by atoms with Gasteiger partial charge in [0.1, 0.15) is 18.1 Å². The van der Waals surface area contributed by atoms with E-state index < -0.39 is 19.1 Å². The molecule has 7 nitrogen and oxygen atoms in total. The van der Waals surface area contributed by atoms with Crippen molar-refractivity contribution >= 4 is 16.8 Å². The van der Waals surface area contributed by atoms with E-state index in [-0.39, 0.29) is 24.2 Å². The number of carbonyl (C=O) groups excluding carboxylic acids is 1. The fourth-order valence-corrected chi connectivity index (χ4v) is 3.07. The molecule has 1 amide bonds. The fraction of sp³-hybridized carbons (Fsp3) is 0.381. The molecule has 2 atom stereocenters. The normalized spacial score (nSPS) is 13.4. The molecule has 0 saturated carbocycles. The average molecular weight is 418 g/mol. The molecule has 0 spiro atoms. The third-order valence-corrected chi connectivity index (χ3v) is 4.67. The Morgan fingerprint density at radius 3 is 2.73 bits per heavy atom. The second kappa shape index (κ2) is 9.17. The van der Waals surface area contributed by atoms with Crippen molar-refractivity contribution in [3.8, 4) is 5.75 Å². The van der Waals surface area contributed by atoms with Crippen LogP contribution in [-0.2, 0) is 0 Å². The first-order valence-electron chi connectivity index (χ1n) is 9.58. The van der Waals surface area contributed by atoms with Gasteiger partial charge >= 0.3 is 0 Å². The van der Waals surface area contributed by atoms with E-state index in [4.69, 9.17) is 4.74 Å². The molecule has 160 valence electrons. The summed E-state index contributed by atoms with van der Waals surface area (Å²) in [6.45, 7) is 4.81. The first-order chi connectivity index (χ1) is 14.3. The van der Waals surface area contributed by atoms with Crippen molar-refractivity contribution in [2.24, 2.45) is 0 Å². The molecule has 0 aliphatic heterocycles. The van der Waals surface area contributed by atoms with Crippen LogP contribution in [0.4, 0.5) is 8.78 Å². The van der Waals surface area contributed by atoms with Crippen LogP contribution >= 0.6 is 0 Å². The number of halogens is 2. The summed E-state index contributed by atoms with van der Waals surface area (Å²) < 4.78 is 31.6. The highest BCUT2D eigenvalue weighted by Gasteiger charge is 2.18. The molecule has 2 unspecified atom stereocenters. The number of nitrogens with zero attached hydrogens (tertiary/aromatic N) is 3. The quantitative estimate of drug-likeness (QED) is 0.587. The molecule has 0 fully saturated rings. The minimum atomic E-state index is -2.53. The lowest BCUT2D eigenvalue weighted by Crippen LogP contribution is -2.31. The Kier molecular flexibility index (Phi) is 6.61. The number of rotatable bonds is 8. The molecular formula is C21H24F2N4O3. The van der Waals surface area contributed by atoms with Gasteiger partial charge in [-0.3, -0.25) is 14.5 Å². The Morgan fingerprint density at radius 1 is 1.30 bits per heavy atom. The van der Waals surface area contributed by atoms with Crippen LogP contribution in [0.2, 0.25) is 0 Å². The van der Waals surface area contributed by atoms with Crippen molar-refractivity contribution in [1.82, 2.24) is 20.1 Å². The van der Waals surface area contributed by atoms with E-state index in [1.54, 1.807) is 42.9 Å². The number of fused-ring (bicyclic) bond motifs is 1. The first-order valence-corrected chi connectivity index (χ1v) is 9.58. The van der Waals surface area contributed by atoms with Gasteiger partial charge in [0.05, 0.1) is 23.0 Å². The smallest absolute Gasteiger partial charge is 0.272 e. The summed E-state index contributed by atoms with van der Waals surface area (Å²) in [5.41, 5.74) is 2.51. The molecule has 1 aromatic carbocycles. The molecule has 0 aliphatic carbocycles. The molecule has 30 heavy (non-hydrogen) atoms. The van der Waals surface area contributed by atoms with Gasteiger partial charge in [-0.25, -0.2) is 8.78 Å². The van der Waals surface area contributed by atoms with Crippen molar-refractivity contribution in [2.45, 2.75) is 39.3 Å². The van der Waals surface area contributed by atoms with Crippen LogP contribution in [0.25, 0.3) is 10.9 Å². The van der Waals surface area contributed by atoms with Gasteiger partial charge in [-0.15, -0.1) is 0 Å². The van der Waals surface area contributed by atoms with Crippen molar-refractivity contribution in [1.29, 1.82) is 0 Å². The van der Waals surface area contributed by atoms with Crippen LogP contribution < -0.4 is 10.1 Å². The predicted octanol–water partition coefficient (Wildman–Crippen LogP) is 3.10. The molecule has 2 N–H and O–H groups in total. The van der Waals surface area contributed by atoms with Crippen LogP contribution in [0.1, 0.15) is 41.5 Å². The fourth-order valence-electron chi connectivity index (χ4n) is 3.07. The van der Waals surface area contributed by atoms with Crippen LogP contribution in [0.15, 0.2) is 36.7 Å². The van der Waals surface area contributed by atoms with E-state index >= 15 is 0 Å². The lowest BCUT2D eigenvalue weighted by Gasteiger charge is -2.15. The summed E-state index contributed by atoms with van der Waals surface area (Å²) in [4.78, 5) is 16.6. The van der Waals surface area contributed by atoms with Gasteiger partial charge < -0.3 is 15.2 Å². The second-order valence-corrected chi connectivity index (χ2v) is 7.16. The molecule has 0 aliphatic rings. The van der Waals surface area contributed by atoms with Gasteiger partial charge in [0.15, 0.2) is 0 Å². The number of hydrogen-bond donors (Lipinski definition) is 2. The zero-order valence-corrected chi connectivity index (χ0v) is 17.0. The third kappa shape index (κ3) is 4.91. The number of amides is 1. The molecule has 2 aromatic heterocycles. The molecule has 9 heteroatoms. The van der Waals surface area contributed by atoms with Crippen LogP contribution in [0, 0.1) is 6.92 Å². The van der Waals surface area contributed by atoms with E-state index in [1.165, 1.54) is 6.20 Å². The largest absolute Gasteiger partial charge is 0.487 e. The van der Waals surface area contributed by atoms with E-state index in [1.807, 2.05) is 13.0 Å². The lowest BCUT2D eigenvalue weighted by atomic mass is 10.1. The third-order valence-electron chi connectivity index (χ3n) is 4.67. The highest BCUT2D eigenvalue weighted by molar-refractivity contribution is 6.04. The number of ether oxygens (including phenoxy) is 1. The first kappa shape index (κ1) is 21.6. The topological polar surface area (TPSA) is 89.3 Å². The Labute approximate surface area is 172 Å². The number of alkyl halides is 2. The van der Waals surface area contributed by atoms with Gasteiger partial charge in [-0.2, -0.15) is 5.10 Å². The van der Waals surface area contributed by atoms with E-state index in [0.29, 0.717) is 16.7 Å².